The average molecular weight is 599 g/mol. The van der Waals surface area contributed by atoms with Gasteiger partial charge in [0.05, 0.1) is 17.8 Å². The number of nitrogens with zero attached hydrogens (tertiary/aromatic N) is 3. The molecular weight excluding hydrogens is 564 g/mol. The lowest BCUT2D eigenvalue weighted by Crippen LogP contribution is -2.70. The lowest BCUT2D eigenvalue weighted by Gasteiger charge is -2.45. The molecule has 2 aromatic heterocycles. The average Bonchev–Trinajstić information content (AvgIpc) is 3.52. The van der Waals surface area contributed by atoms with Crippen LogP contribution in [0.1, 0.15) is 15.2 Å². The van der Waals surface area contributed by atoms with Gasteiger partial charge in [0.2, 0.25) is 11.6 Å². The highest BCUT2D eigenvalue weighted by molar-refractivity contribution is 7.12. The van der Waals surface area contributed by atoms with Crippen molar-refractivity contribution >= 4 is 56.8 Å². The van der Waals surface area contributed by atoms with Crippen molar-refractivity contribution in [3.8, 4) is 0 Å². The minimum atomic E-state index is -0.610. The number of thiophene rings is 1. The fraction of sp³-hybridized carbons (Fsp3) is 0.312. The van der Waals surface area contributed by atoms with E-state index >= 15 is 0 Å². The Morgan fingerprint density at radius 3 is 2.65 bits per heavy atom. The van der Waals surface area contributed by atoms with E-state index in [0.29, 0.717) is 29.4 Å². The number of hydrogen-bond acceptors (Lipinski definition) is 10. The Hall–Kier alpha value is -4.16. The predicted molar refractivity (Wildman–Crippen MR) is 169 cm³/mol. The lowest BCUT2D eigenvalue weighted by atomic mass is 9.81. The predicted octanol–water partition coefficient (Wildman–Crippen LogP) is 3.73. The number of ketones is 2. The normalized spacial score (nSPS) is 19.3. The van der Waals surface area contributed by atoms with E-state index in [1.165, 1.54) is 11.3 Å². The van der Waals surface area contributed by atoms with Crippen molar-refractivity contribution < 1.29 is 19.1 Å². The highest BCUT2D eigenvalue weighted by Gasteiger charge is 2.52. The van der Waals surface area contributed by atoms with Crippen LogP contribution in [-0.4, -0.2) is 90.8 Å². The van der Waals surface area contributed by atoms with E-state index in [1.54, 1.807) is 25.4 Å². The number of fused-ring (bicyclic) bond motifs is 1. The van der Waals surface area contributed by atoms with Gasteiger partial charge in [-0.3, -0.25) is 29.2 Å². The Balaban J connectivity index is 1.08. The van der Waals surface area contributed by atoms with E-state index in [-0.39, 0.29) is 11.7 Å². The number of pyridine rings is 1. The van der Waals surface area contributed by atoms with Gasteiger partial charge in [-0.1, -0.05) is 24.3 Å². The van der Waals surface area contributed by atoms with Gasteiger partial charge in [-0.05, 0) is 47.3 Å². The summed E-state index contributed by atoms with van der Waals surface area (Å²) < 4.78 is 5.17. The number of methoxy groups -OCH3 is 1. The monoisotopic (exact) mass is 598 g/mol. The number of hydrogen-bond donors (Lipinski definition) is 3. The van der Waals surface area contributed by atoms with E-state index in [1.807, 2.05) is 53.9 Å². The zero-order valence-corrected chi connectivity index (χ0v) is 24.7. The Labute approximate surface area is 254 Å². The van der Waals surface area contributed by atoms with Crippen LogP contribution in [0, 0.1) is 0 Å². The van der Waals surface area contributed by atoms with Gasteiger partial charge in [-0.25, -0.2) is 0 Å². The molecule has 2 aromatic carbocycles. The van der Waals surface area contributed by atoms with E-state index in [2.05, 4.69) is 30.7 Å². The number of anilines is 3. The van der Waals surface area contributed by atoms with E-state index in [4.69, 9.17) is 4.74 Å². The topological polar surface area (TPSA) is 116 Å². The number of aromatic nitrogens is 1. The summed E-state index contributed by atoms with van der Waals surface area (Å²) in [4.78, 5) is 47.8. The van der Waals surface area contributed by atoms with Gasteiger partial charge < -0.3 is 20.7 Å². The summed E-state index contributed by atoms with van der Waals surface area (Å²) in [5, 5.41) is 12.6. The summed E-state index contributed by atoms with van der Waals surface area (Å²) in [6.45, 7) is 5.17. The molecule has 10 nitrogen and oxygen atoms in total. The molecule has 0 radical (unpaired) electrons. The summed E-state index contributed by atoms with van der Waals surface area (Å²) in [6.07, 6.45) is 1.79. The second-order valence-electron chi connectivity index (χ2n) is 10.7. The third-order valence-corrected chi connectivity index (χ3v) is 8.96. The molecule has 6 rings (SSSR count). The summed E-state index contributed by atoms with van der Waals surface area (Å²) in [6, 6.07) is 18.0. The second-order valence-corrected chi connectivity index (χ2v) is 11.6. The van der Waals surface area contributed by atoms with E-state index < -0.39 is 17.9 Å². The quantitative estimate of drug-likeness (QED) is 0.222. The molecule has 4 aromatic rings. The first-order chi connectivity index (χ1) is 21.0. The molecular formula is C32H34N6O4S. The molecule has 1 aliphatic heterocycles. The molecule has 11 heteroatoms. The van der Waals surface area contributed by atoms with Gasteiger partial charge in [-0.2, -0.15) is 0 Å². The Morgan fingerprint density at radius 1 is 1.00 bits per heavy atom. The molecule has 2 atom stereocenters. The highest BCUT2D eigenvalue weighted by Crippen LogP contribution is 2.28. The largest absolute Gasteiger partial charge is 0.383 e. The Kier molecular flexibility index (Phi) is 8.75. The van der Waals surface area contributed by atoms with Crippen molar-refractivity contribution in [2.45, 2.75) is 18.6 Å². The number of ether oxygens (including phenoxy) is 1. The highest BCUT2D eigenvalue weighted by atomic mass is 32.1. The number of para-hydroxylation sites is 1. The number of nitrogens with one attached hydrogen (secondary N) is 3. The number of carbonyl (C=O) groups is 3. The summed E-state index contributed by atoms with van der Waals surface area (Å²) in [5.74, 6) is -0.976. The van der Waals surface area contributed by atoms with E-state index in [9.17, 15) is 14.4 Å². The first kappa shape index (κ1) is 28.9. The Bertz CT molecular complexity index is 1630. The van der Waals surface area contributed by atoms with Gasteiger partial charge in [0.15, 0.2) is 0 Å². The second kappa shape index (κ2) is 13.0. The molecule has 1 saturated heterocycles. The number of rotatable bonds is 11. The van der Waals surface area contributed by atoms with Crippen LogP contribution in [0.2, 0.25) is 0 Å². The molecule has 1 saturated carbocycles. The SMILES string of the molecule is COCCN1CCN(C2C(=O)C(=O)C2Nc2cccc(NC(=O)c3sccc3NCc3ccnc4ccccc34)c2)CC1. The zero-order valence-electron chi connectivity index (χ0n) is 23.9. The molecule has 2 unspecified atom stereocenters. The molecule has 3 heterocycles. The fourth-order valence-electron chi connectivity index (χ4n) is 5.68. The first-order valence-electron chi connectivity index (χ1n) is 14.4. The van der Waals surface area contributed by atoms with Crippen molar-refractivity contribution in [2.75, 3.05) is 62.4 Å². The van der Waals surface area contributed by atoms with Crippen LogP contribution < -0.4 is 16.0 Å². The number of benzene rings is 2. The molecule has 1 aliphatic carbocycles. The molecule has 2 aliphatic rings. The standard InChI is InChI=1S/C32H34N6O4S/c1-42-17-16-37-12-14-38(15-13-37)28-27(29(39)30(28)40)35-22-5-4-6-23(19-22)36-32(41)31-26(10-18-43-31)34-20-21-9-11-33-25-8-3-2-7-24(21)25/h2-11,18-19,27-28,34-35H,12-17,20H2,1H3,(H,36,41). The minimum absolute atomic E-state index is 0.228. The number of amides is 1. The number of carbonyl (C=O) groups excluding carboxylic acids is 3. The van der Waals surface area contributed by atoms with Gasteiger partial charge in [-0.15, -0.1) is 11.3 Å². The maximum atomic E-state index is 13.3. The van der Waals surface area contributed by atoms with Crippen LogP contribution in [0.5, 0.6) is 0 Å². The smallest absolute Gasteiger partial charge is 0.267 e. The van der Waals surface area contributed by atoms with Crippen LogP contribution in [0.4, 0.5) is 17.1 Å². The molecule has 2 fully saturated rings. The van der Waals surface area contributed by atoms with Crippen LogP contribution in [0.3, 0.4) is 0 Å². The molecule has 0 spiro atoms. The first-order valence-corrected chi connectivity index (χ1v) is 15.2. The van der Waals surface area contributed by atoms with Crippen molar-refractivity contribution in [3.05, 3.63) is 82.7 Å². The third-order valence-electron chi connectivity index (χ3n) is 8.04. The third kappa shape index (κ3) is 6.30. The van der Waals surface area contributed by atoms with Crippen molar-refractivity contribution in [3.63, 3.8) is 0 Å². The van der Waals surface area contributed by atoms with Crippen molar-refractivity contribution in [1.29, 1.82) is 0 Å². The molecule has 0 bridgehead atoms. The van der Waals surface area contributed by atoms with Crippen molar-refractivity contribution in [1.82, 2.24) is 14.8 Å². The van der Waals surface area contributed by atoms with Crippen LogP contribution in [0.25, 0.3) is 10.9 Å². The van der Waals surface area contributed by atoms with Crippen LogP contribution in [-0.2, 0) is 20.9 Å². The van der Waals surface area contributed by atoms with Gasteiger partial charge in [0.25, 0.3) is 5.91 Å². The van der Waals surface area contributed by atoms with Crippen LogP contribution in [0.15, 0.2) is 72.2 Å². The maximum Gasteiger partial charge on any atom is 0.267 e. The lowest BCUT2D eigenvalue weighted by molar-refractivity contribution is -0.150. The number of Topliss-reactive ketones (excluding diaryl/α,β-unsaturated/α-hetero) is 2. The molecule has 3 N–H and O–H groups in total. The summed E-state index contributed by atoms with van der Waals surface area (Å²) in [7, 11) is 1.69. The van der Waals surface area contributed by atoms with Crippen LogP contribution >= 0.6 is 11.3 Å². The summed E-state index contributed by atoms with van der Waals surface area (Å²) >= 11 is 1.36. The number of piperazine rings is 1. The van der Waals surface area contributed by atoms with Gasteiger partial charge in [0.1, 0.15) is 17.0 Å². The van der Waals surface area contributed by atoms with E-state index in [0.717, 1.165) is 54.9 Å². The molecule has 43 heavy (non-hydrogen) atoms. The minimum Gasteiger partial charge on any atom is -0.383 e. The zero-order chi connectivity index (χ0) is 29.8. The molecule has 1 amide bonds. The summed E-state index contributed by atoms with van der Waals surface area (Å²) in [5.41, 5.74) is 4.04. The van der Waals surface area contributed by atoms with Gasteiger partial charge >= 0.3 is 0 Å². The van der Waals surface area contributed by atoms with Crippen molar-refractivity contribution in [2.24, 2.45) is 0 Å². The maximum absolute atomic E-state index is 13.3. The van der Waals surface area contributed by atoms with Gasteiger partial charge in [0, 0.05) is 69.3 Å². The molecule has 222 valence electrons. The fourth-order valence-corrected chi connectivity index (χ4v) is 6.45. The Morgan fingerprint density at radius 2 is 1.81 bits per heavy atom.